The molecule has 24 heavy (non-hydrogen) atoms. The van der Waals surface area contributed by atoms with Crippen molar-refractivity contribution >= 4 is 5.97 Å². The fraction of sp³-hybridized carbons (Fsp3) is 0.381. The van der Waals surface area contributed by atoms with Crippen LogP contribution in [0.5, 0.6) is 0 Å². The lowest BCUT2D eigenvalue weighted by molar-refractivity contribution is -0.144. The molecule has 0 saturated heterocycles. The fourth-order valence-electron chi connectivity index (χ4n) is 2.97. The first kappa shape index (κ1) is 18.2. The van der Waals surface area contributed by atoms with Gasteiger partial charge in [0.15, 0.2) is 0 Å². The smallest absolute Gasteiger partial charge is 0.307 e. The Labute approximate surface area is 145 Å². The minimum atomic E-state index is -0.136. The van der Waals surface area contributed by atoms with Crippen molar-refractivity contribution in [1.29, 1.82) is 0 Å². The number of ether oxygens (including phenoxy) is 1. The van der Waals surface area contributed by atoms with Crippen molar-refractivity contribution in [3.63, 3.8) is 0 Å². The Morgan fingerprint density at radius 2 is 1.58 bits per heavy atom. The third kappa shape index (κ3) is 5.20. The summed E-state index contributed by atoms with van der Waals surface area (Å²) in [4.78, 5) is 14.3. The zero-order valence-electron chi connectivity index (χ0n) is 14.8. The maximum absolute atomic E-state index is 11.9. The Morgan fingerprint density at radius 1 is 1.00 bits per heavy atom. The van der Waals surface area contributed by atoms with Crippen LogP contribution in [0.3, 0.4) is 0 Å². The molecule has 0 aromatic heterocycles. The molecule has 2 rings (SSSR count). The summed E-state index contributed by atoms with van der Waals surface area (Å²) in [5.74, 6) is -0.136. The van der Waals surface area contributed by atoms with Gasteiger partial charge in [0.2, 0.25) is 0 Å². The summed E-state index contributed by atoms with van der Waals surface area (Å²) in [6, 6.07) is 21.1. The largest absolute Gasteiger partial charge is 0.466 e. The van der Waals surface area contributed by atoms with Crippen molar-refractivity contribution in [2.45, 2.75) is 45.8 Å². The average molecular weight is 325 g/mol. The van der Waals surface area contributed by atoms with E-state index in [1.807, 2.05) is 19.1 Å². The molecule has 2 aromatic rings. The van der Waals surface area contributed by atoms with Gasteiger partial charge in [-0.3, -0.25) is 9.69 Å². The van der Waals surface area contributed by atoms with E-state index < -0.39 is 0 Å². The predicted molar refractivity (Wildman–Crippen MR) is 97.6 cm³/mol. The van der Waals surface area contributed by atoms with Crippen molar-refractivity contribution in [1.82, 2.24) is 4.90 Å². The number of hydrogen-bond donors (Lipinski definition) is 0. The highest BCUT2D eigenvalue weighted by atomic mass is 16.5. The minimum Gasteiger partial charge on any atom is -0.466 e. The molecule has 0 aliphatic carbocycles. The summed E-state index contributed by atoms with van der Waals surface area (Å²) in [7, 11) is 0. The van der Waals surface area contributed by atoms with Gasteiger partial charge >= 0.3 is 5.97 Å². The molecule has 0 aliphatic rings. The molecule has 0 heterocycles. The summed E-state index contributed by atoms with van der Waals surface area (Å²) in [6.07, 6.45) is 0.401. The van der Waals surface area contributed by atoms with Gasteiger partial charge in [-0.1, -0.05) is 60.7 Å². The first-order chi connectivity index (χ1) is 11.6. The molecule has 128 valence electrons. The van der Waals surface area contributed by atoms with Crippen LogP contribution in [0.2, 0.25) is 0 Å². The van der Waals surface area contributed by atoms with Crippen LogP contribution in [0, 0.1) is 0 Å². The van der Waals surface area contributed by atoms with E-state index in [2.05, 4.69) is 67.3 Å². The Kier molecular flexibility index (Phi) is 7.01. The van der Waals surface area contributed by atoms with Crippen molar-refractivity contribution in [3.8, 4) is 0 Å². The van der Waals surface area contributed by atoms with E-state index in [9.17, 15) is 4.79 Å². The molecular weight excluding hydrogens is 298 g/mol. The Morgan fingerprint density at radius 3 is 2.17 bits per heavy atom. The Balaban J connectivity index is 2.18. The van der Waals surface area contributed by atoms with Gasteiger partial charge in [-0.05, 0) is 31.9 Å². The maximum atomic E-state index is 11.9. The molecule has 2 unspecified atom stereocenters. The highest BCUT2D eigenvalue weighted by Gasteiger charge is 2.24. The fourth-order valence-corrected chi connectivity index (χ4v) is 2.97. The molecule has 0 bridgehead atoms. The molecule has 2 aromatic carbocycles. The van der Waals surface area contributed by atoms with E-state index in [0.29, 0.717) is 13.0 Å². The van der Waals surface area contributed by atoms with Gasteiger partial charge in [-0.2, -0.15) is 0 Å². The minimum absolute atomic E-state index is 0.0967. The van der Waals surface area contributed by atoms with E-state index in [1.54, 1.807) is 0 Å². The number of carbonyl (C=O) groups excluding carboxylic acids is 1. The number of hydrogen-bond acceptors (Lipinski definition) is 3. The molecule has 0 spiro atoms. The highest BCUT2D eigenvalue weighted by Crippen LogP contribution is 2.26. The molecule has 0 fully saturated rings. The van der Waals surface area contributed by atoms with Gasteiger partial charge < -0.3 is 4.74 Å². The molecule has 0 radical (unpaired) electrons. The quantitative estimate of drug-likeness (QED) is 0.665. The summed E-state index contributed by atoms with van der Waals surface area (Å²) >= 11 is 0. The van der Waals surface area contributed by atoms with Crippen LogP contribution in [0.25, 0.3) is 0 Å². The average Bonchev–Trinajstić information content (AvgIpc) is 2.61. The van der Waals surface area contributed by atoms with Gasteiger partial charge in [-0.15, -0.1) is 0 Å². The standard InChI is InChI=1S/C21H27NO2/c1-4-24-21(23)15-17(2)22(16-19-11-7-5-8-12-19)18(3)20-13-9-6-10-14-20/h5-14,17-18H,4,15-16H2,1-3H3. The number of carbonyl (C=O) groups is 1. The highest BCUT2D eigenvalue weighted by molar-refractivity contribution is 5.70. The molecule has 2 atom stereocenters. The summed E-state index contributed by atoms with van der Waals surface area (Å²) in [6.45, 7) is 7.37. The van der Waals surface area contributed by atoms with Crippen LogP contribution in [-0.2, 0) is 16.1 Å². The molecule has 0 amide bonds. The third-order valence-corrected chi connectivity index (χ3v) is 4.32. The number of benzene rings is 2. The van der Waals surface area contributed by atoms with Gasteiger partial charge in [-0.25, -0.2) is 0 Å². The number of esters is 1. The van der Waals surface area contributed by atoms with E-state index in [-0.39, 0.29) is 18.1 Å². The van der Waals surface area contributed by atoms with Crippen molar-refractivity contribution < 1.29 is 9.53 Å². The number of rotatable bonds is 8. The first-order valence-electron chi connectivity index (χ1n) is 8.62. The second kappa shape index (κ2) is 9.24. The second-order valence-electron chi connectivity index (χ2n) is 6.10. The molecule has 0 saturated carbocycles. The lowest BCUT2D eigenvalue weighted by Crippen LogP contribution is -2.36. The summed E-state index contributed by atoms with van der Waals surface area (Å²) < 4.78 is 5.13. The van der Waals surface area contributed by atoms with Crippen LogP contribution in [0.4, 0.5) is 0 Å². The van der Waals surface area contributed by atoms with E-state index in [0.717, 1.165) is 6.54 Å². The van der Waals surface area contributed by atoms with Crippen LogP contribution < -0.4 is 0 Å². The zero-order valence-corrected chi connectivity index (χ0v) is 14.8. The topological polar surface area (TPSA) is 29.5 Å². The molecule has 3 nitrogen and oxygen atoms in total. The SMILES string of the molecule is CCOC(=O)CC(C)N(Cc1ccccc1)C(C)c1ccccc1. The predicted octanol–water partition coefficient (Wildman–Crippen LogP) is 4.59. The van der Waals surface area contributed by atoms with E-state index in [1.165, 1.54) is 11.1 Å². The monoisotopic (exact) mass is 325 g/mol. The molecular formula is C21H27NO2. The third-order valence-electron chi connectivity index (χ3n) is 4.32. The van der Waals surface area contributed by atoms with Gasteiger partial charge in [0.25, 0.3) is 0 Å². The Hall–Kier alpha value is -2.13. The Bertz CT molecular complexity index is 612. The van der Waals surface area contributed by atoms with Gasteiger partial charge in [0, 0.05) is 18.6 Å². The van der Waals surface area contributed by atoms with Crippen LogP contribution >= 0.6 is 0 Å². The van der Waals surface area contributed by atoms with Crippen LogP contribution in [0.1, 0.15) is 44.4 Å². The summed E-state index contributed by atoms with van der Waals surface area (Å²) in [5, 5.41) is 0. The zero-order chi connectivity index (χ0) is 17.4. The van der Waals surface area contributed by atoms with Gasteiger partial charge in [0.1, 0.15) is 0 Å². The molecule has 0 N–H and O–H groups in total. The molecule has 0 aliphatic heterocycles. The molecule has 3 heteroatoms. The normalized spacial score (nSPS) is 13.5. The number of nitrogens with zero attached hydrogens (tertiary/aromatic N) is 1. The van der Waals surface area contributed by atoms with E-state index in [4.69, 9.17) is 4.74 Å². The van der Waals surface area contributed by atoms with E-state index >= 15 is 0 Å². The van der Waals surface area contributed by atoms with Crippen LogP contribution in [0.15, 0.2) is 60.7 Å². The van der Waals surface area contributed by atoms with Crippen molar-refractivity contribution in [2.75, 3.05) is 6.61 Å². The maximum Gasteiger partial charge on any atom is 0.307 e. The lowest BCUT2D eigenvalue weighted by atomic mass is 10.0. The summed E-state index contributed by atoms with van der Waals surface area (Å²) in [5.41, 5.74) is 2.50. The van der Waals surface area contributed by atoms with Crippen molar-refractivity contribution in [2.24, 2.45) is 0 Å². The second-order valence-corrected chi connectivity index (χ2v) is 6.10. The first-order valence-corrected chi connectivity index (χ1v) is 8.62. The van der Waals surface area contributed by atoms with Gasteiger partial charge in [0.05, 0.1) is 13.0 Å². The van der Waals surface area contributed by atoms with Crippen LogP contribution in [-0.4, -0.2) is 23.5 Å². The lowest BCUT2D eigenvalue weighted by Gasteiger charge is -2.34. The van der Waals surface area contributed by atoms with Crippen molar-refractivity contribution in [3.05, 3.63) is 71.8 Å².